The summed E-state index contributed by atoms with van der Waals surface area (Å²) >= 11 is 1.45. The first kappa shape index (κ1) is 17.8. The number of thioether (sulfide) groups is 1. The van der Waals surface area contributed by atoms with Gasteiger partial charge in [-0.3, -0.25) is 0 Å². The third-order valence-corrected chi connectivity index (χ3v) is 5.13. The summed E-state index contributed by atoms with van der Waals surface area (Å²) in [5, 5.41) is 12.6. The molecule has 6 heteroatoms. The van der Waals surface area contributed by atoms with Crippen molar-refractivity contribution in [2.24, 2.45) is 0 Å². The zero-order valence-corrected chi connectivity index (χ0v) is 16.7. The molecular weight excluding hydrogens is 356 g/mol. The van der Waals surface area contributed by atoms with E-state index >= 15 is 0 Å². The van der Waals surface area contributed by atoms with Gasteiger partial charge in [-0.2, -0.15) is 4.98 Å². The molecule has 1 unspecified atom stereocenters. The van der Waals surface area contributed by atoms with E-state index in [0.717, 1.165) is 16.8 Å². The monoisotopic (exact) mass is 378 g/mol. The Bertz CT molecular complexity index is 967. The maximum atomic E-state index is 6.26. The van der Waals surface area contributed by atoms with Gasteiger partial charge in [0.1, 0.15) is 0 Å². The second kappa shape index (κ2) is 6.85. The third kappa shape index (κ3) is 3.49. The second-order valence-electron chi connectivity index (χ2n) is 7.51. The molecule has 0 spiro atoms. The topological polar surface area (TPSA) is 59.9 Å². The number of rotatable bonds is 2. The molecule has 0 bridgehead atoms. The quantitative estimate of drug-likeness (QED) is 0.629. The lowest BCUT2D eigenvalue weighted by Crippen LogP contribution is -2.18. The molecule has 0 radical (unpaired) electrons. The number of para-hydroxylation sites is 1. The molecule has 5 nitrogen and oxygen atoms in total. The Morgan fingerprint density at radius 1 is 1.00 bits per heavy atom. The van der Waals surface area contributed by atoms with Gasteiger partial charge in [0.15, 0.2) is 11.9 Å². The lowest BCUT2D eigenvalue weighted by molar-refractivity contribution is 0.225. The van der Waals surface area contributed by atoms with E-state index in [1.54, 1.807) is 0 Å². The molecule has 2 aromatic carbocycles. The summed E-state index contributed by atoms with van der Waals surface area (Å²) in [6, 6.07) is 16.5. The fraction of sp³-hybridized carbons (Fsp3) is 0.286. The fourth-order valence-corrected chi connectivity index (χ4v) is 3.34. The molecule has 0 aliphatic carbocycles. The van der Waals surface area contributed by atoms with Crippen LogP contribution < -0.4 is 10.1 Å². The highest BCUT2D eigenvalue weighted by Crippen LogP contribution is 2.39. The number of benzene rings is 2. The summed E-state index contributed by atoms with van der Waals surface area (Å²) < 4.78 is 6.26. The van der Waals surface area contributed by atoms with Gasteiger partial charge in [-0.1, -0.05) is 75.0 Å². The Labute approximate surface area is 163 Å². The van der Waals surface area contributed by atoms with E-state index < -0.39 is 0 Å². The van der Waals surface area contributed by atoms with Crippen molar-refractivity contribution in [3.8, 4) is 17.1 Å². The molecule has 1 atom stereocenters. The minimum absolute atomic E-state index is 0.111. The third-order valence-electron chi connectivity index (χ3n) is 4.60. The van der Waals surface area contributed by atoms with Gasteiger partial charge in [-0.25, -0.2) is 0 Å². The number of hydrogen-bond acceptors (Lipinski definition) is 6. The van der Waals surface area contributed by atoms with Crippen LogP contribution in [0.4, 0.5) is 5.69 Å². The van der Waals surface area contributed by atoms with Crippen molar-refractivity contribution >= 4 is 17.4 Å². The summed E-state index contributed by atoms with van der Waals surface area (Å²) in [5.41, 5.74) is 4.98. The average Bonchev–Trinajstić information content (AvgIpc) is 2.83. The van der Waals surface area contributed by atoms with E-state index in [0.29, 0.717) is 16.7 Å². The summed E-state index contributed by atoms with van der Waals surface area (Å²) in [6.07, 6.45) is 1.57. The SMILES string of the molecule is CSc1nnc2c(n1)OC(c1ccc(C(C)(C)C)cc1)Nc1ccccc1-2. The standard InChI is InChI=1S/C21H22N4OS/c1-21(2,3)14-11-9-13(10-12-14)18-22-16-8-6-5-7-15(16)17-19(26-18)23-20(27-4)25-24-17/h5-12,18,22H,1-4H3. The van der Waals surface area contributed by atoms with Gasteiger partial charge < -0.3 is 10.1 Å². The molecule has 1 aliphatic rings. The zero-order valence-electron chi connectivity index (χ0n) is 15.9. The number of fused-ring (bicyclic) bond motifs is 3. The maximum absolute atomic E-state index is 6.26. The number of ether oxygens (including phenoxy) is 1. The lowest BCUT2D eigenvalue weighted by atomic mass is 9.86. The number of nitrogens with one attached hydrogen (secondary N) is 1. The molecule has 0 saturated heterocycles. The van der Waals surface area contributed by atoms with Crippen LogP contribution >= 0.6 is 11.8 Å². The van der Waals surface area contributed by atoms with Crippen LogP contribution in [0, 0.1) is 0 Å². The Kier molecular flexibility index (Phi) is 4.52. The molecule has 27 heavy (non-hydrogen) atoms. The van der Waals surface area contributed by atoms with Gasteiger partial charge in [-0.15, -0.1) is 10.2 Å². The Balaban J connectivity index is 1.78. The van der Waals surface area contributed by atoms with Crippen LogP contribution in [0.5, 0.6) is 5.88 Å². The molecule has 0 saturated carbocycles. The maximum Gasteiger partial charge on any atom is 0.247 e. The molecule has 0 amide bonds. The van der Waals surface area contributed by atoms with Crippen LogP contribution in [0.15, 0.2) is 53.7 Å². The Hall–Kier alpha value is -2.60. The van der Waals surface area contributed by atoms with Gasteiger partial charge in [0.05, 0.1) is 0 Å². The van der Waals surface area contributed by atoms with E-state index in [1.165, 1.54) is 17.3 Å². The van der Waals surface area contributed by atoms with Crippen LogP contribution in [0.2, 0.25) is 0 Å². The fourth-order valence-electron chi connectivity index (χ4n) is 3.04. The first-order valence-electron chi connectivity index (χ1n) is 8.87. The van der Waals surface area contributed by atoms with Crippen molar-refractivity contribution in [3.05, 3.63) is 59.7 Å². The predicted octanol–water partition coefficient (Wildman–Crippen LogP) is 5.06. The first-order chi connectivity index (χ1) is 13.0. The van der Waals surface area contributed by atoms with Gasteiger partial charge >= 0.3 is 0 Å². The largest absolute Gasteiger partial charge is 0.448 e. The van der Waals surface area contributed by atoms with Crippen molar-refractivity contribution in [1.29, 1.82) is 0 Å². The number of nitrogens with zero attached hydrogens (tertiary/aromatic N) is 3. The molecule has 138 valence electrons. The number of hydrogen-bond donors (Lipinski definition) is 1. The highest BCUT2D eigenvalue weighted by atomic mass is 32.2. The van der Waals surface area contributed by atoms with Gasteiger partial charge in [0, 0.05) is 16.8 Å². The molecule has 1 N–H and O–H groups in total. The summed E-state index contributed by atoms with van der Waals surface area (Å²) in [5.74, 6) is 0.497. The summed E-state index contributed by atoms with van der Waals surface area (Å²) in [7, 11) is 0. The molecular formula is C21H22N4OS. The lowest BCUT2D eigenvalue weighted by Gasteiger charge is -2.22. The highest BCUT2D eigenvalue weighted by molar-refractivity contribution is 7.98. The van der Waals surface area contributed by atoms with Crippen molar-refractivity contribution in [2.75, 3.05) is 11.6 Å². The minimum Gasteiger partial charge on any atom is -0.448 e. The molecule has 1 aromatic heterocycles. The van der Waals surface area contributed by atoms with Crippen LogP contribution in [-0.4, -0.2) is 21.4 Å². The predicted molar refractivity (Wildman–Crippen MR) is 109 cm³/mol. The van der Waals surface area contributed by atoms with Crippen molar-refractivity contribution in [3.63, 3.8) is 0 Å². The Morgan fingerprint density at radius 2 is 1.74 bits per heavy atom. The van der Waals surface area contributed by atoms with Crippen LogP contribution in [0.1, 0.15) is 38.1 Å². The van der Waals surface area contributed by atoms with E-state index in [-0.39, 0.29) is 11.6 Å². The van der Waals surface area contributed by atoms with Gasteiger partial charge in [-0.05, 0) is 23.3 Å². The first-order valence-corrected chi connectivity index (χ1v) is 10.1. The van der Waals surface area contributed by atoms with Crippen molar-refractivity contribution in [2.45, 2.75) is 37.6 Å². The van der Waals surface area contributed by atoms with E-state index in [1.807, 2.05) is 30.5 Å². The van der Waals surface area contributed by atoms with Crippen molar-refractivity contribution < 1.29 is 4.74 Å². The zero-order chi connectivity index (χ0) is 19.0. The highest BCUT2D eigenvalue weighted by Gasteiger charge is 2.26. The van der Waals surface area contributed by atoms with Gasteiger partial charge in [0.2, 0.25) is 11.0 Å². The normalized spacial score (nSPS) is 15.8. The van der Waals surface area contributed by atoms with E-state index in [9.17, 15) is 0 Å². The van der Waals surface area contributed by atoms with Crippen LogP contribution in [-0.2, 0) is 5.41 Å². The van der Waals surface area contributed by atoms with Crippen molar-refractivity contribution in [1.82, 2.24) is 15.2 Å². The van der Waals surface area contributed by atoms with E-state index in [2.05, 4.69) is 65.5 Å². The number of aromatic nitrogens is 3. The smallest absolute Gasteiger partial charge is 0.247 e. The second-order valence-corrected chi connectivity index (χ2v) is 8.29. The molecule has 4 rings (SSSR count). The van der Waals surface area contributed by atoms with E-state index in [4.69, 9.17) is 4.74 Å². The molecule has 0 fully saturated rings. The average molecular weight is 379 g/mol. The molecule has 1 aliphatic heterocycles. The number of anilines is 1. The minimum atomic E-state index is -0.354. The van der Waals surface area contributed by atoms with Crippen LogP contribution in [0.3, 0.4) is 0 Å². The summed E-state index contributed by atoms with van der Waals surface area (Å²) in [4.78, 5) is 4.55. The van der Waals surface area contributed by atoms with Gasteiger partial charge in [0.25, 0.3) is 0 Å². The van der Waals surface area contributed by atoms with Crippen LogP contribution in [0.25, 0.3) is 11.3 Å². The molecule has 2 heterocycles. The summed E-state index contributed by atoms with van der Waals surface area (Å²) in [6.45, 7) is 6.63. The molecule has 3 aromatic rings. The Morgan fingerprint density at radius 3 is 2.44 bits per heavy atom.